The van der Waals surface area contributed by atoms with Gasteiger partial charge in [-0.15, -0.1) is 0 Å². The van der Waals surface area contributed by atoms with Gasteiger partial charge in [0, 0.05) is 19.0 Å². The number of carbonyl (C=O) groups excluding carboxylic acids is 2. The molecule has 48 heavy (non-hydrogen) atoms. The van der Waals surface area contributed by atoms with Crippen molar-refractivity contribution in [2.45, 2.75) is 43.2 Å². The fourth-order valence-electron chi connectivity index (χ4n) is 6.86. The van der Waals surface area contributed by atoms with Crippen molar-refractivity contribution in [3.63, 3.8) is 0 Å². The van der Waals surface area contributed by atoms with Crippen LogP contribution in [-0.2, 0) is 32.5 Å². The maximum Gasteiger partial charge on any atom is 0.340 e. The molecule has 1 aliphatic carbocycles. The maximum absolute atomic E-state index is 13.8. The number of fused-ring (bicyclic) bond motifs is 2. The summed E-state index contributed by atoms with van der Waals surface area (Å²) in [7, 11) is -3.93. The van der Waals surface area contributed by atoms with Gasteiger partial charge < -0.3 is 4.74 Å². The molecule has 1 fully saturated rings. The number of carbonyl (C=O) groups is 2. The average Bonchev–Trinajstić information content (AvgIpc) is 3.52. The third-order valence-corrected chi connectivity index (χ3v) is 11.4. The van der Waals surface area contributed by atoms with Crippen LogP contribution < -0.4 is 0 Å². The lowest BCUT2D eigenvalue weighted by atomic mass is 9.77. The van der Waals surface area contributed by atoms with E-state index in [2.05, 4.69) is 6.08 Å². The summed E-state index contributed by atoms with van der Waals surface area (Å²) in [5.41, 5.74) is 5.92. The first-order valence-electron chi connectivity index (χ1n) is 16.0. The summed E-state index contributed by atoms with van der Waals surface area (Å²) in [5, 5.41) is 6.33. The van der Waals surface area contributed by atoms with Gasteiger partial charge >= 0.3 is 5.97 Å². The van der Waals surface area contributed by atoms with E-state index < -0.39 is 28.5 Å². The van der Waals surface area contributed by atoms with Gasteiger partial charge in [0.25, 0.3) is 5.91 Å². The molecule has 0 spiro atoms. The largest absolute Gasteiger partial charge is 0.452 e. The Morgan fingerprint density at radius 2 is 1.60 bits per heavy atom. The Kier molecular flexibility index (Phi) is 9.00. The molecule has 1 amide bonds. The molecule has 0 saturated heterocycles. The van der Waals surface area contributed by atoms with Crippen LogP contribution in [0.4, 0.5) is 0 Å². The number of sulfonamides is 1. The molecule has 3 aliphatic rings. The van der Waals surface area contributed by atoms with Crippen LogP contribution in [0.3, 0.4) is 0 Å². The van der Waals surface area contributed by atoms with Gasteiger partial charge in [-0.3, -0.25) is 4.79 Å². The lowest BCUT2D eigenvalue weighted by molar-refractivity contribution is -0.137. The minimum Gasteiger partial charge on any atom is -0.452 e. The Bertz CT molecular complexity index is 2030. The Morgan fingerprint density at radius 3 is 2.38 bits per heavy atom. The summed E-state index contributed by atoms with van der Waals surface area (Å²) in [4.78, 5) is 27.0. The molecule has 244 valence electrons. The SMILES string of the molecule is O=C(OCC(=O)N1N=C2/C(=C\c3ccccc3)CCC[C@H]2[C@H]1c1ccccc1)c1cc(S(=O)(=O)N2CCc3ccccc3C2)ccc1Cl. The summed E-state index contributed by atoms with van der Waals surface area (Å²) in [6.07, 6.45) is 5.41. The average molecular weight is 680 g/mol. The van der Waals surface area contributed by atoms with E-state index in [0.717, 1.165) is 52.8 Å². The Labute approximate surface area is 285 Å². The van der Waals surface area contributed by atoms with Crippen molar-refractivity contribution in [2.75, 3.05) is 13.2 Å². The number of nitrogens with zero attached hydrogens (tertiary/aromatic N) is 3. The highest BCUT2D eigenvalue weighted by Crippen LogP contribution is 2.44. The topological polar surface area (TPSA) is 96.4 Å². The summed E-state index contributed by atoms with van der Waals surface area (Å²) >= 11 is 6.37. The molecular weight excluding hydrogens is 646 g/mol. The number of esters is 1. The molecule has 1 saturated carbocycles. The zero-order valence-electron chi connectivity index (χ0n) is 26.2. The van der Waals surface area contributed by atoms with Crippen molar-refractivity contribution in [2.24, 2.45) is 11.0 Å². The van der Waals surface area contributed by atoms with E-state index >= 15 is 0 Å². The third-order valence-electron chi connectivity index (χ3n) is 9.26. The van der Waals surface area contributed by atoms with Gasteiger partial charge in [0.1, 0.15) is 0 Å². The lowest BCUT2D eigenvalue weighted by Crippen LogP contribution is -2.36. The van der Waals surface area contributed by atoms with E-state index in [1.54, 1.807) is 0 Å². The van der Waals surface area contributed by atoms with Crippen LogP contribution in [0.1, 0.15) is 57.9 Å². The molecule has 0 aromatic heterocycles. The van der Waals surface area contributed by atoms with Crippen LogP contribution in [0, 0.1) is 5.92 Å². The smallest absolute Gasteiger partial charge is 0.340 e. The predicted octanol–water partition coefficient (Wildman–Crippen LogP) is 7.07. The molecule has 8 nitrogen and oxygen atoms in total. The van der Waals surface area contributed by atoms with Crippen LogP contribution >= 0.6 is 11.6 Å². The second-order valence-corrected chi connectivity index (χ2v) is 14.6. The van der Waals surface area contributed by atoms with E-state index in [9.17, 15) is 18.0 Å². The number of hydrazone groups is 1. The summed E-state index contributed by atoms with van der Waals surface area (Å²) in [5.74, 6) is -1.38. The number of ether oxygens (including phenoxy) is 1. The first kappa shape index (κ1) is 32.0. The highest BCUT2D eigenvalue weighted by atomic mass is 35.5. The fraction of sp³-hybridized carbons (Fsp3) is 0.237. The van der Waals surface area contributed by atoms with E-state index in [-0.39, 0.29) is 34.0 Å². The number of allylic oxidation sites excluding steroid dienone is 1. The number of amides is 1. The monoisotopic (exact) mass is 679 g/mol. The second kappa shape index (κ2) is 13.5. The molecule has 2 aliphatic heterocycles. The molecule has 4 aromatic carbocycles. The van der Waals surface area contributed by atoms with Crippen molar-refractivity contribution in [1.82, 2.24) is 9.31 Å². The highest BCUT2D eigenvalue weighted by molar-refractivity contribution is 7.89. The Hall–Kier alpha value is -4.57. The third kappa shape index (κ3) is 6.33. The first-order chi connectivity index (χ1) is 23.3. The van der Waals surface area contributed by atoms with Crippen molar-refractivity contribution in [1.29, 1.82) is 0 Å². The number of hydrogen-bond donors (Lipinski definition) is 0. The first-order valence-corrected chi connectivity index (χ1v) is 17.9. The summed E-state index contributed by atoms with van der Waals surface area (Å²) in [6, 6.07) is 31.2. The van der Waals surface area contributed by atoms with E-state index in [1.807, 2.05) is 84.9 Å². The van der Waals surface area contributed by atoms with Gasteiger partial charge in [0.05, 0.1) is 27.2 Å². The standard InChI is InChI=1S/C38H34ClN3O5S/c39-34-19-18-31(48(45,46)41-21-20-27-12-7-8-15-30(27)24-41)23-33(34)38(44)47-25-35(43)42-37(28-13-5-2-6-14-28)32-17-9-16-29(36(32)40-42)22-26-10-3-1-4-11-26/h1-8,10-15,18-19,22-23,32,37H,9,16-17,20-21,24-25H2/b29-22-/t32-,37-/m1/s1. The van der Waals surface area contributed by atoms with Gasteiger partial charge in [-0.25, -0.2) is 18.2 Å². The number of rotatable bonds is 7. The van der Waals surface area contributed by atoms with Gasteiger partial charge in [-0.2, -0.15) is 9.41 Å². The summed E-state index contributed by atoms with van der Waals surface area (Å²) in [6.45, 7) is -0.0282. The highest BCUT2D eigenvalue weighted by Gasteiger charge is 2.44. The van der Waals surface area contributed by atoms with Crippen LogP contribution in [0.2, 0.25) is 5.02 Å². The fourth-order valence-corrected chi connectivity index (χ4v) is 8.50. The quantitative estimate of drug-likeness (QED) is 0.195. The van der Waals surface area contributed by atoms with Crippen LogP contribution in [0.25, 0.3) is 6.08 Å². The van der Waals surface area contributed by atoms with Gasteiger partial charge in [-0.1, -0.05) is 96.5 Å². The van der Waals surface area contributed by atoms with Crippen LogP contribution in [-0.4, -0.2) is 48.5 Å². The van der Waals surface area contributed by atoms with Crippen molar-refractivity contribution in [3.05, 3.63) is 142 Å². The Morgan fingerprint density at radius 1 is 0.896 bits per heavy atom. The van der Waals surface area contributed by atoms with Crippen LogP contribution in [0.15, 0.2) is 119 Å². The van der Waals surface area contributed by atoms with Crippen LogP contribution in [0.5, 0.6) is 0 Å². The normalized spacial score (nSPS) is 20.1. The molecule has 2 heterocycles. The van der Waals surface area contributed by atoms with Gasteiger partial charge in [0.15, 0.2) is 6.61 Å². The minimum atomic E-state index is -3.93. The molecule has 0 bridgehead atoms. The molecule has 0 radical (unpaired) electrons. The van der Waals surface area contributed by atoms with Crippen molar-refractivity contribution in [3.8, 4) is 0 Å². The minimum absolute atomic E-state index is 0.00570. The summed E-state index contributed by atoms with van der Waals surface area (Å²) < 4.78 is 34.1. The molecule has 10 heteroatoms. The number of hydrogen-bond acceptors (Lipinski definition) is 6. The number of halogens is 1. The zero-order chi connectivity index (χ0) is 33.3. The molecule has 0 unspecified atom stereocenters. The van der Waals surface area contributed by atoms with Crippen molar-refractivity contribution >= 4 is 45.3 Å². The van der Waals surface area contributed by atoms with Gasteiger partial charge in [0.2, 0.25) is 10.0 Å². The molecule has 7 rings (SSSR count). The van der Waals surface area contributed by atoms with Crippen molar-refractivity contribution < 1.29 is 22.7 Å². The Balaban J connectivity index is 1.11. The number of benzene rings is 4. The van der Waals surface area contributed by atoms with E-state index in [4.69, 9.17) is 21.4 Å². The lowest BCUT2D eigenvalue weighted by Gasteiger charge is -2.29. The molecule has 0 N–H and O–H groups in total. The van der Waals surface area contributed by atoms with E-state index in [1.165, 1.54) is 27.5 Å². The zero-order valence-corrected chi connectivity index (χ0v) is 27.7. The predicted molar refractivity (Wildman–Crippen MR) is 185 cm³/mol. The van der Waals surface area contributed by atoms with Gasteiger partial charge in [-0.05, 0) is 77.8 Å². The maximum atomic E-state index is 13.8. The molecular formula is C38H34ClN3O5S. The second-order valence-electron chi connectivity index (χ2n) is 12.2. The molecule has 4 aromatic rings. The molecule has 2 atom stereocenters. The van der Waals surface area contributed by atoms with E-state index in [0.29, 0.717) is 13.0 Å².